The zero-order valence-electron chi connectivity index (χ0n) is 14.6. The molecule has 0 rings (SSSR count). The van der Waals surface area contributed by atoms with Crippen LogP contribution in [0.15, 0.2) is 0 Å². The van der Waals surface area contributed by atoms with Crippen LogP contribution in [0.3, 0.4) is 0 Å². The third kappa shape index (κ3) is 28.6. The number of Topliss-reactive ketones (excluding diaryl/α,β-unsaturated/α-hetero) is 2. The average Bonchev–Trinajstić information content (AvgIpc) is 2.47. The van der Waals surface area contributed by atoms with E-state index in [1.54, 1.807) is 20.8 Å². The highest BCUT2D eigenvalue weighted by Crippen LogP contribution is 1.91. The topological polar surface area (TPSA) is 91.1 Å². The van der Waals surface area contributed by atoms with Gasteiger partial charge < -0.3 is 14.3 Å². The Morgan fingerprint density at radius 3 is 1.52 bits per heavy atom. The Bertz CT molecular complexity index is 398. The number of nitrogens with zero attached hydrogens (tertiary/aromatic N) is 1. The Morgan fingerprint density at radius 1 is 0.870 bits per heavy atom. The second-order valence-corrected chi connectivity index (χ2v) is 4.03. The average molecular weight is 329 g/mol. The first-order valence-corrected chi connectivity index (χ1v) is 7.44. The summed E-state index contributed by atoms with van der Waals surface area (Å²) in [4.78, 5) is 44.8. The maximum absolute atomic E-state index is 10.6. The molecule has 0 atom stereocenters. The Labute approximate surface area is 138 Å². The van der Waals surface area contributed by atoms with Crippen LogP contribution in [0.1, 0.15) is 53.9 Å². The molecule has 132 valence electrons. The molecule has 0 aliphatic rings. The molecule has 0 radical (unpaired) electrons. The highest BCUT2D eigenvalue weighted by molar-refractivity contribution is 5.95. The largest absolute Gasteiger partial charge is 0.466 e. The fraction of sp³-hybridized carbons (Fsp3) is 0.688. The molecule has 0 aromatic carbocycles. The molecule has 7 heteroatoms. The smallest absolute Gasteiger partial charge is 0.313 e. The predicted octanol–water partition coefficient (Wildman–Crippen LogP) is 2.37. The summed E-state index contributed by atoms with van der Waals surface area (Å²) in [6.45, 7) is 15.7. The molecule has 0 spiro atoms. The molecule has 0 heterocycles. The Hall–Kier alpha value is -2.23. The lowest BCUT2D eigenvalue weighted by Gasteiger charge is -1.97. The second-order valence-electron chi connectivity index (χ2n) is 4.03. The van der Waals surface area contributed by atoms with Gasteiger partial charge in [-0.15, -0.1) is 0 Å². The first kappa shape index (κ1) is 25.7. The van der Waals surface area contributed by atoms with Crippen LogP contribution in [0.5, 0.6) is 0 Å². The van der Waals surface area contributed by atoms with Crippen LogP contribution < -0.4 is 0 Å². The van der Waals surface area contributed by atoms with Crippen LogP contribution in [-0.2, 0) is 28.7 Å². The van der Waals surface area contributed by atoms with Gasteiger partial charge in [-0.05, 0) is 20.8 Å². The van der Waals surface area contributed by atoms with Gasteiger partial charge in [-0.3, -0.25) is 19.2 Å². The normalized spacial score (nSPS) is 8.17. The summed E-state index contributed by atoms with van der Waals surface area (Å²) in [6, 6.07) is 0. The molecule has 0 unspecified atom stereocenters. The molecule has 0 aromatic heterocycles. The minimum Gasteiger partial charge on any atom is -0.466 e. The van der Waals surface area contributed by atoms with E-state index >= 15 is 0 Å². The second kappa shape index (κ2) is 19.8. The van der Waals surface area contributed by atoms with Crippen molar-refractivity contribution in [2.75, 3.05) is 19.8 Å². The van der Waals surface area contributed by atoms with Gasteiger partial charge in [0, 0.05) is 13.3 Å². The third-order valence-electron chi connectivity index (χ3n) is 1.90. The molecular formula is C16H27NO6. The van der Waals surface area contributed by atoms with Crippen LogP contribution in [0.4, 0.5) is 0 Å². The highest BCUT2D eigenvalue weighted by atomic mass is 16.5. The van der Waals surface area contributed by atoms with E-state index in [-0.39, 0.29) is 24.4 Å². The van der Waals surface area contributed by atoms with E-state index in [9.17, 15) is 19.2 Å². The number of carbonyl (C=O) groups excluding carboxylic acids is 4. The van der Waals surface area contributed by atoms with Gasteiger partial charge in [-0.2, -0.15) is 0 Å². The third-order valence-corrected chi connectivity index (χ3v) is 1.90. The number of hydrogen-bond acceptors (Lipinski definition) is 6. The van der Waals surface area contributed by atoms with Gasteiger partial charge in [0.25, 0.3) is 0 Å². The van der Waals surface area contributed by atoms with E-state index in [2.05, 4.69) is 14.3 Å². The summed E-state index contributed by atoms with van der Waals surface area (Å²) in [5.74, 6) is -1.09. The monoisotopic (exact) mass is 329 g/mol. The Balaban J connectivity index is -0.000000284. The summed E-state index contributed by atoms with van der Waals surface area (Å²) < 4.78 is 9.05. The number of ketones is 2. The lowest BCUT2D eigenvalue weighted by molar-refractivity contribution is -0.146. The zero-order valence-corrected chi connectivity index (χ0v) is 14.6. The number of ether oxygens (including phenoxy) is 2. The molecule has 0 saturated carbocycles. The van der Waals surface area contributed by atoms with Crippen molar-refractivity contribution < 1.29 is 28.7 Å². The number of esters is 2. The van der Waals surface area contributed by atoms with E-state index in [4.69, 9.17) is 6.57 Å². The van der Waals surface area contributed by atoms with Crippen molar-refractivity contribution in [3.05, 3.63) is 11.4 Å². The maximum Gasteiger partial charge on any atom is 0.313 e. The first-order chi connectivity index (χ1) is 10.8. The fourth-order valence-corrected chi connectivity index (χ4v) is 0.913. The van der Waals surface area contributed by atoms with Crippen molar-refractivity contribution in [2.45, 2.75) is 53.9 Å². The maximum atomic E-state index is 10.6. The number of hydrogen-bond donors (Lipinski definition) is 0. The minimum atomic E-state index is -0.440. The van der Waals surface area contributed by atoms with Gasteiger partial charge in [-0.25, -0.2) is 6.57 Å². The standard InChI is InChI=1S/C7H12O3.C6H10O3.C3H5N/c1-3-6(8)5-7(9)10-4-2;1-3-9-6(8)4-5(2)7;1-3-4-2/h3-5H2,1-2H3;3-4H2,1-2H3;3H2,1H3. The Kier molecular flexibility index (Phi) is 22.1. The van der Waals surface area contributed by atoms with Gasteiger partial charge >= 0.3 is 11.9 Å². The summed E-state index contributed by atoms with van der Waals surface area (Å²) in [5.41, 5.74) is 0. The van der Waals surface area contributed by atoms with Crippen molar-refractivity contribution in [2.24, 2.45) is 0 Å². The van der Waals surface area contributed by atoms with Gasteiger partial charge in [0.2, 0.25) is 6.54 Å². The van der Waals surface area contributed by atoms with Crippen molar-refractivity contribution >= 4 is 23.5 Å². The summed E-state index contributed by atoms with van der Waals surface area (Å²) in [7, 11) is 0. The fourth-order valence-electron chi connectivity index (χ4n) is 0.913. The van der Waals surface area contributed by atoms with Crippen LogP contribution >= 0.6 is 0 Å². The lowest BCUT2D eigenvalue weighted by Crippen LogP contribution is -2.09. The molecule has 7 nitrogen and oxygen atoms in total. The summed E-state index contributed by atoms with van der Waals surface area (Å²) in [5, 5.41) is 0. The van der Waals surface area contributed by atoms with Crippen molar-refractivity contribution in [3.8, 4) is 0 Å². The number of rotatable bonds is 7. The van der Waals surface area contributed by atoms with Crippen LogP contribution in [0.25, 0.3) is 4.85 Å². The van der Waals surface area contributed by atoms with Gasteiger partial charge in [0.05, 0.1) is 13.2 Å². The molecule has 0 aliphatic carbocycles. The van der Waals surface area contributed by atoms with E-state index in [1.165, 1.54) is 6.92 Å². The van der Waals surface area contributed by atoms with Crippen molar-refractivity contribution in [1.82, 2.24) is 0 Å². The predicted molar refractivity (Wildman–Crippen MR) is 85.6 cm³/mol. The lowest BCUT2D eigenvalue weighted by atomic mass is 10.2. The van der Waals surface area contributed by atoms with E-state index < -0.39 is 11.9 Å². The molecule has 0 N–H and O–H groups in total. The molecule has 0 aliphatic heterocycles. The molecule has 0 bridgehead atoms. The summed E-state index contributed by atoms with van der Waals surface area (Å²) >= 11 is 0. The highest BCUT2D eigenvalue weighted by Gasteiger charge is 2.06. The van der Waals surface area contributed by atoms with Crippen LogP contribution in [0.2, 0.25) is 0 Å². The zero-order chi connectivity index (χ0) is 18.7. The SMILES string of the molecule is CCOC(=O)CC(=O)CC.CCOC(=O)CC(C)=O.[C-]#[N+]CC. The Morgan fingerprint density at radius 2 is 1.26 bits per heavy atom. The molecule has 0 aromatic rings. The molecule has 0 saturated heterocycles. The van der Waals surface area contributed by atoms with Gasteiger partial charge in [0.15, 0.2) is 0 Å². The minimum absolute atomic E-state index is 0.0709. The summed E-state index contributed by atoms with van der Waals surface area (Å²) in [6.07, 6.45) is 0.219. The van der Waals surface area contributed by atoms with E-state index in [1.807, 2.05) is 6.92 Å². The van der Waals surface area contributed by atoms with E-state index in [0.717, 1.165) is 0 Å². The van der Waals surface area contributed by atoms with Crippen molar-refractivity contribution in [3.63, 3.8) is 0 Å². The van der Waals surface area contributed by atoms with Gasteiger partial charge in [0.1, 0.15) is 24.4 Å². The molecular weight excluding hydrogens is 302 g/mol. The molecule has 0 fully saturated rings. The van der Waals surface area contributed by atoms with Crippen LogP contribution in [0, 0.1) is 6.57 Å². The van der Waals surface area contributed by atoms with Crippen molar-refractivity contribution in [1.29, 1.82) is 0 Å². The van der Waals surface area contributed by atoms with E-state index in [0.29, 0.717) is 26.2 Å². The quantitative estimate of drug-likeness (QED) is 0.404. The number of carbonyl (C=O) groups is 4. The molecule has 0 amide bonds. The first-order valence-electron chi connectivity index (χ1n) is 7.44. The molecule has 23 heavy (non-hydrogen) atoms. The van der Waals surface area contributed by atoms with Gasteiger partial charge in [-0.1, -0.05) is 6.92 Å². The van der Waals surface area contributed by atoms with Crippen LogP contribution in [-0.4, -0.2) is 43.3 Å².